The molecule has 0 bridgehead atoms. The maximum absolute atomic E-state index is 12.3. The Balaban J connectivity index is 2.08. The van der Waals surface area contributed by atoms with E-state index in [1.54, 1.807) is 0 Å². The molecule has 1 aliphatic carbocycles. The zero-order chi connectivity index (χ0) is 13.9. The van der Waals surface area contributed by atoms with Crippen molar-refractivity contribution >= 4 is 11.6 Å². The van der Waals surface area contributed by atoms with E-state index in [0.29, 0.717) is 13.2 Å². The number of hydrogen-bond acceptors (Lipinski definition) is 3. The van der Waals surface area contributed by atoms with Gasteiger partial charge in [0.25, 0.3) is 0 Å². The third-order valence-electron chi connectivity index (χ3n) is 3.94. The van der Waals surface area contributed by atoms with Gasteiger partial charge in [0.1, 0.15) is 5.75 Å². The first-order chi connectivity index (χ1) is 9.11. The normalized spacial score (nSPS) is 16.6. The molecule has 1 aliphatic rings. The summed E-state index contributed by atoms with van der Waals surface area (Å²) in [5.41, 5.74) is 7.25. The van der Waals surface area contributed by atoms with Crippen LogP contribution in [0.2, 0.25) is 0 Å². The molecule has 0 saturated heterocycles. The molecule has 104 valence electrons. The zero-order valence-electron chi connectivity index (χ0n) is 11.7. The Morgan fingerprint density at radius 3 is 2.68 bits per heavy atom. The second kappa shape index (κ2) is 5.61. The second-order valence-electron chi connectivity index (χ2n) is 5.20. The SMILES string of the molecule is CCOc1ccc(NC(=O)C2(CN)CCC2)c(C)c1. The van der Waals surface area contributed by atoms with E-state index in [1.807, 2.05) is 32.0 Å². The van der Waals surface area contributed by atoms with Gasteiger partial charge in [-0.05, 0) is 50.5 Å². The van der Waals surface area contributed by atoms with Crippen LogP contribution in [0.1, 0.15) is 31.7 Å². The van der Waals surface area contributed by atoms with Crippen molar-refractivity contribution in [3.8, 4) is 5.75 Å². The van der Waals surface area contributed by atoms with E-state index in [1.165, 1.54) is 0 Å². The molecular weight excluding hydrogens is 240 g/mol. The molecule has 0 heterocycles. The predicted molar refractivity (Wildman–Crippen MR) is 76.3 cm³/mol. The monoisotopic (exact) mass is 262 g/mol. The van der Waals surface area contributed by atoms with Crippen LogP contribution in [0, 0.1) is 12.3 Å². The molecule has 0 aromatic heterocycles. The highest BCUT2D eigenvalue weighted by Crippen LogP contribution is 2.41. The summed E-state index contributed by atoms with van der Waals surface area (Å²) in [6.45, 7) is 4.98. The maximum Gasteiger partial charge on any atom is 0.231 e. The molecule has 4 heteroatoms. The summed E-state index contributed by atoms with van der Waals surface area (Å²) in [6.07, 6.45) is 2.88. The highest BCUT2D eigenvalue weighted by atomic mass is 16.5. The molecule has 0 radical (unpaired) electrons. The van der Waals surface area contributed by atoms with Gasteiger partial charge in [-0.15, -0.1) is 0 Å². The lowest BCUT2D eigenvalue weighted by Gasteiger charge is -2.39. The van der Waals surface area contributed by atoms with Gasteiger partial charge < -0.3 is 15.8 Å². The zero-order valence-corrected chi connectivity index (χ0v) is 11.7. The first-order valence-corrected chi connectivity index (χ1v) is 6.86. The Bertz CT molecular complexity index is 462. The van der Waals surface area contributed by atoms with Gasteiger partial charge >= 0.3 is 0 Å². The largest absolute Gasteiger partial charge is 0.494 e. The second-order valence-corrected chi connectivity index (χ2v) is 5.20. The average Bonchev–Trinajstić information content (AvgIpc) is 2.32. The van der Waals surface area contributed by atoms with Crippen LogP contribution >= 0.6 is 0 Å². The van der Waals surface area contributed by atoms with Gasteiger partial charge in [0, 0.05) is 12.2 Å². The molecule has 4 nitrogen and oxygen atoms in total. The molecule has 1 aromatic carbocycles. The molecule has 1 saturated carbocycles. The van der Waals surface area contributed by atoms with Crippen molar-refractivity contribution in [2.24, 2.45) is 11.1 Å². The van der Waals surface area contributed by atoms with Crippen LogP contribution in [-0.2, 0) is 4.79 Å². The third kappa shape index (κ3) is 2.73. The first kappa shape index (κ1) is 13.9. The number of carbonyl (C=O) groups is 1. The standard InChI is InChI=1S/C15H22N2O2/c1-3-19-12-5-6-13(11(2)9-12)17-14(18)15(10-16)7-4-8-15/h5-6,9H,3-4,7-8,10,16H2,1-2H3,(H,17,18). The minimum atomic E-state index is -0.342. The molecule has 2 rings (SSSR count). The van der Waals surface area contributed by atoms with Crippen LogP contribution in [0.15, 0.2) is 18.2 Å². The summed E-state index contributed by atoms with van der Waals surface area (Å²) in [5.74, 6) is 0.878. The number of nitrogens with two attached hydrogens (primary N) is 1. The summed E-state index contributed by atoms with van der Waals surface area (Å²) >= 11 is 0. The molecule has 19 heavy (non-hydrogen) atoms. The number of benzene rings is 1. The van der Waals surface area contributed by atoms with Crippen molar-refractivity contribution < 1.29 is 9.53 Å². The molecular formula is C15H22N2O2. The van der Waals surface area contributed by atoms with E-state index in [0.717, 1.165) is 36.3 Å². The maximum atomic E-state index is 12.3. The van der Waals surface area contributed by atoms with Crippen molar-refractivity contribution in [2.45, 2.75) is 33.1 Å². The van der Waals surface area contributed by atoms with E-state index >= 15 is 0 Å². The lowest BCUT2D eigenvalue weighted by molar-refractivity contribution is -0.129. The number of carbonyl (C=O) groups excluding carboxylic acids is 1. The van der Waals surface area contributed by atoms with Gasteiger partial charge in [-0.25, -0.2) is 0 Å². The van der Waals surface area contributed by atoms with Crippen LogP contribution in [-0.4, -0.2) is 19.1 Å². The van der Waals surface area contributed by atoms with E-state index in [9.17, 15) is 4.79 Å². The minimum Gasteiger partial charge on any atom is -0.494 e. The van der Waals surface area contributed by atoms with Gasteiger partial charge in [0.2, 0.25) is 5.91 Å². The molecule has 0 unspecified atom stereocenters. The van der Waals surface area contributed by atoms with Crippen LogP contribution < -0.4 is 15.8 Å². The summed E-state index contributed by atoms with van der Waals surface area (Å²) < 4.78 is 5.43. The highest BCUT2D eigenvalue weighted by Gasteiger charge is 2.42. The Kier molecular flexibility index (Phi) is 4.10. The van der Waals surface area contributed by atoms with Crippen molar-refractivity contribution in [1.29, 1.82) is 0 Å². The number of amides is 1. The van der Waals surface area contributed by atoms with Gasteiger partial charge in [0.15, 0.2) is 0 Å². The van der Waals surface area contributed by atoms with Crippen molar-refractivity contribution in [3.63, 3.8) is 0 Å². The highest BCUT2D eigenvalue weighted by molar-refractivity contribution is 5.96. The number of anilines is 1. The lowest BCUT2D eigenvalue weighted by atomic mass is 9.68. The van der Waals surface area contributed by atoms with Gasteiger partial charge in [-0.2, -0.15) is 0 Å². The molecule has 0 spiro atoms. The fraction of sp³-hybridized carbons (Fsp3) is 0.533. The number of nitrogens with one attached hydrogen (secondary N) is 1. The Hall–Kier alpha value is -1.55. The van der Waals surface area contributed by atoms with Crippen LogP contribution in [0.25, 0.3) is 0 Å². The molecule has 1 amide bonds. The number of aryl methyl sites for hydroxylation is 1. The summed E-state index contributed by atoms with van der Waals surface area (Å²) in [7, 11) is 0. The number of rotatable bonds is 5. The minimum absolute atomic E-state index is 0.0495. The van der Waals surface area contributed by atoms with Crippen LogP contribution in [0.5, 0.6) is 5.75 Å². The van der Waals surface area contributed by atoms with Gasteiger partial charge in [-0.1, -0.05) is 6.42 Å². The van der Waals surface area contributed by atoms with E-state index < -0.39 is 0 Å². The Morgan fingerprint density at radius 2 is 2.21 bits per heavy atom. The van der Waals surface area contributed by atoms with Crippen molar-refractivity contribution in [1.82, 2.24) is 0 Å². The van der Waals surface area contributed by atoms with Crippen LogP contribution in [0.3, 0.4) is 0 Å². The van der Waals surface area contributed by atoms with E-state index in [2.05, 4.69) is 5.32 Å². The van der Waals surface area contributed by atoms with Gasteiger partial charge in [0.05, 0.1) is 12.0 Å². The number of hydrogen-bond donors (Lipinski definition) is 2. The fourth-order valence-electron chi connectivity index (χ4n) is 2.42. The first-order valence-electron chi connectivity index (χ1n) is 6.86. The molecule has 3 N–H and O–H groups in total. The topological polar surface area (TPSA) is 64.3 Å². The van der Waals surface area contributed by atoms with Crippen LogP contribution in [0.4, 0.5) is 5.69 Å². The summed E-state index contributed by atoms with van der Waals surface area (Å²) in [6, 6.07) is 5.71. The molecule has 1 aromatic rings. The quantitative estimate of drug-likeness (QED) is 0.856. The third-order valence-corrected chi connectivity index (χ3v) is 3.94. The summed E-state index contributed by atoms with van der Waals surface area (Å²) in [4.78, 5) is 12.3. The lowest BCUT2D eigenvalue weighted by Crippen LogP contribution is -2.47. The fourth-order valence-corrected chi connectivity index (χ4v) is 2.42. The molecule has 1 fully saturated rings. The van der Waals surface area contributed by atoms with E-state index in [4.69, 9.17) is 10.5 Å². The van der Waals surface area contributed by atoms with E-state index in [-0.39, 0.29) is 11.3 Å². The molecule has 0 atom stereocenters. The van der Waals surface area contributed by atoms with Crippen molar-refractivity contribution in [2.75, 3.05) is 18.5 Å². The summed E-state index contributed by atoms with van der Waals surface area (Å²) in [5, 5.41) is 3.00. The smallest absolute Gasteiger partial charge is 0.231 e. The van der Waals surface area contributed by atoms with Gasteiger partial charge in [-0.3, -0.25) is 4.79 Å². The average molecular weight is 262 g/mol. The Morgan fingerprint density at radius 1 is 1.47 bits per heavy atom. The molecule has 0 aliphatic heterocycles. The van der Waals surface area contributed by atoms with Crippen molar-refractivity contribution in [3.05, 3.63) is 23.8 Å². The number of ether oxygens (including phenoxy) is 1. The Labute approximate surface area is 114 Å². The predicted octanol–water partition coefficient (Wildman–Crippen LogP) is 2.46.